The van der Waals surface area contributed by atoms with Crippen molar-refractivity contribution in [2.24, 2.45) is 5.41 Å². The summed E-state index contributed by atoms with van der Waals surface area (Å²) in [6.07, 6.45) is 2.23. The highest BCUT2D eigenvalue weighted by Gasteiger charge is 2.09. The fourth-order valence-electron chi connectivity index (χ4n) is 1.53. The number of hydrogen-bond acceptors (Lipinski definition) is 2. The molecule has 1 rings (SSSR count). The van der Waals surface area contributed by atoms with Gasteiger partial charge >= 0.3 is 5.97 Å². The lowest BCUT2D eigenvalue weighted by molar-refractivity contribution is -0.137. The molecule has 1 aromatic rings. The fourth-order valence-corrected chi connectivity index (χ4v) is 1.53. The molecule has 0 atom stereocenters. The van der Waals surface area contributed by atoms with E-state index < -0.39 is 5.97 Å². The number of ether oxygens (including phenoxy) is 1. The monoisotopic (exact) mass is 250 g/mol. The third kappa shape index (κ3) is 6.28. The molecule has 0 unspecified atom stereocenters. The van der Waals surface area contributed by atoms with E-state index in [0.717, 1.165) is 18.6 Å². The maximum atomic E-state index is 10.3. The molecule has 0 aliphatic carbocycles. The van der Waals surface area contributed by atoms with Gasteiger partial charge in [-0.05, 0) is 36.0 Å². The van der Waals surface area contributed by atoms with Crippen LogP contribution in [0, 0.1) is 5.41 Å². The Hall–Kier alpha value is -1.51. The lowest BCUT2D eigenvalue weighted by Crippen LogP contribution is -2.06. The van der Waals surface area contributed by atoms with Crippen molar-refractivity contribution < 1.29 is 14.6 Å². The molecule has 1 aromatic carbocycles. The van der Waals surface area contributed by atoms with Crippen LogP contribution in [0.25, 0.3) is 0 Å². The zero-order valence-corrected chi connectivity index (χ0v) is 11.4. The van der Waals surface area contributed by atoms with Crippen molar-refractivity contribution in [3.8, 4) is 5.75 Å². The quantitative estimate of drug-likeness (QED) is 0.840. The molecule has 100 valence electrons. The Morgan fingerprint density at radius 1 is 1.22 bits per heavy atom. The van der Waals surface area contributed by atoms with Crippen LogP contribution in [0.5, 0.6) is 5.75 Å². The SMILES string of the molecule is CC(C)(C)CCc1ccc(OCCC(=O)O)cc1. The Morgan fingerprint density at radius 3 is 2.33 bits per heavy atom. The number of aryl methyl sites for hydroxylation is 1. The third-order valence-corrected chi connectivity index (χ3v) is 2.67. The highest BCUT2D eigenvalue weighted by molar-refractivity contribution is 5.66. The second-order valence-corrected chi connectivity index (χ2v) is 5.70. The van der Waals surface area contributed by atoms with E-state index in [-0.39, 0.29) is 13.0 Å². The number of benzene rings is 1. The summed E-state index contributed by atoms with van der Waals surface area (Å²) >= 11 is 0. The normalized spacial score (nSPS) is 11.3. The number of carbonyl (C=O) groups is 1. The summed E-state index contributed by atoms with van der Waals surface area (Å²) in [6.45, 7) is 6.92. The van der Waals surface area contributed by atoms with Gasteiger partial charge in [0, 0.05) is 0 Å². The van der Waals surface area contributed by atoms with E-state index in [4.69, 9.17) is 9.84 Å². The Bertz CT molecular complexity index is 374. The Kier molecular flexibility index (Phi) is 5.20. The first-order valence-corrected chi connectivity index (χ1v) is 6.30. The number of carboxylic acids is 1. The maximum absolute atomic E-state index is 10.3. The van der Waals surface area contributed by atoms with E-state index in [1.165, 1.54) is 5.56 Å². The van der Waals surface area contributed by atoms with E-state index in [9.17, 15) is 4.79 Å². The Balaban J connectivity index is 2.40. The number of carboxylic acid groups (broad SMARTS) is 1. The summed E-state index contributed by atoms with van der Waals surface area (Å²) in [7, 11) is 0. The predicted molar refractivity (Wildman–Crippen MR) is 72.0 cm³/mol. The highest BCUT2D eigenvalue weighted by atomic mass is 16.5. The first-order chi connectivity index (χ1) is 8.37. The average Bonchev–Trinajstić information content (AvgIpc) is 2.26. The first-order valence-electron chi connectivity index (χ1n) is 6.30. The van der Waals surface area contributed by atoms with Gasteiger partial charge in [-0.25, -0.2) is 0 Å². The van der Waals surface area contributed by atoms with Crippen LogP contribution in [0.3, 0.4) is 0 Å². The number of rotatable bonds is 6. The van der Waals surface area contributed by atoms with Gasteiger partial charge in [-0.2, -0.15) is 0 Å². The molecule has 0 heterocycles. The standard InChI is InChI=1S/C15H22O3/c1-15(2,3)10-8-12-4-6-13(7-5-12)18-11-9-14(16)17/h4-7H,8-11H2,1-3H3,(H,16,17). The van der Waals surface area contributed by atoms with Crippen LogP contribution >= 0.6 is 0 Å². The van der Waals surface area contributed by atoms with E-state index in [2.05, 4.69) is 20.8 Å². The summed E-state index contributed by atoms with van der Waals surface area (Å²) in [4.78, 5) is 10.3. The summed E-state index contributed by atoms with van der Waals surface area (Å²) in [6, 6.07) is 7.89. The van der Waals surface area contributed by atoms with Crippen molar-refractivity contribution in [2.75, 3.05) is 6.61 Å². The fraction of sp³-hybridized carbons (Fsp3) is 0.533. The second-order valence-electron chi connectivity index (χ2n) is 5.70. The van der Waals surface area contributed by atoms with E-state index >= 15 is 0 Å². The van der Waals surface area contributed by atoms with Crippen molar-refractivity contribution in [2.45, 2.75) is 40.0 Å². The number of aliphatic carboxylic acids is 1. The average molecular weight is 250 g/mol. The lowest BCUT2D eigenvalue weighted by Gasteiger charge is -2.17. The highest BCUT2D eigenvalue weighted by Crippen LogP contribution is 2.22. The van der Waals surface area contributed by atoms with Gasteiger partial charge in [-0.3, -0.25) is 4.79 Å². The van der Waals surface area contributed by atoms with Gasteiger partial charge in [-0.1, -0.05) is 32.9 Å². The van der Waals surface area contributed by atoms with Gasteiger partial charge in [0.05, 0.1) is 13.0 Å². The van der Waals surface area contributed by atoms with Crippen LogP contribution in [0.2, 0.25) is 0 Å². The maximum Gasteiger partial charge on any atom is 0.306 e. The minimum absolute atomic E-state index is 0.0335. The van der Waals surface area contributed by atoms with Crippen LogP contribution in [-0.2, 0) is 11.2 Å². The van der Waals surface area contributed by atoms with Gasteiger partial charge in [0.25, 0.3) is 0 Å². The van der Waals surface area contributed by atoms with E-state index in [1.54, 1.807) is 0 Å². The van der Waals surface area contributed by atoms with Gasteiger partial charge in [0.15, 0.2) is 0 Å². The minimum Gasteiger partial charge on any atom is -0.493 e. The van der Waals surface area contributed by atoms with Crippen LogP contribution in [0.1, 0.15) is 39.2 Å². The van der Waals surface area contributed by atoms with Gasteiger partial charge in [0.2, 0.25) is 0 Å². The molecule has 0 saturated carbocycles. The molecule has 3 nitrogen and oxygen atoms in total. The van der Waals surface area contributed by atoms with Crippen LogP contribution < -0.4 is 4.74 Å². The van der Waals surface area contributed by atoms with Crippen LogP contribution in [0.15, 0.2) is 24.3 Å². The summed E-state index contributed by atoms with van der Waals surface area (Å²) in [5, 5.41) is 8.50. The Morgan fingerprint density at radius 2 is 1.83 bits per heavy atom. The summed E-state index contributed by atoms with van der Waals surface area (Å²) in [5.41, 5.74) is 1.63. The van der Waals surface area contributed by atoms with E-state index in [1.807, 2.05) is 24.3 Å². The molecule has 3 heteroatoms. The van der Waals surface area contributed by atoms with E-state index in [0.29, 0.717) is 5.41 Å². The zero-order chi connectivity index (χ0) is 13.6. The zero-order valence-electron chi connectivity index (χ0n) is 11.4. The predicted octanol–water partition coefficient (Wildman–Crippen LogP) is 3.52. The third-order valence-electron chi connectivity index (χ3n) is 2.67. The molecule has 0 radical (unpaired) electrons. The molecule has 18 heavy (non-hydrogen) atoms. The van der Waals surface area contributed by atoms with Crippen molar-refractivity contribution in [1.29, 1.82) is 0 Å². The molecule has 0 aromatic heterocycles. The summed E-state index contributed by atoms with van der Waals surface area (Å²) < 4.78 is 5.34. The van der Waals surface area contributed by atoms with Crippen LogP contribution in [-0.4, -0.2) is 17.7 Å². The molecule has 0 bridgehead atoms. The molecule has 0 aliphatic rings. The van der Waals surface area contributed by atoms with Gasteiger partial charge in [-0.15, -0.1) is 0 Å². The smallest absolute Gasteiger partial charge is 0.306 e. The van der Waals surface area contributed by atoms with Crippen molar-refractivity contribution >= 4 is 5.97 Å². The Labute approximate surface area is 109 Å². The van der Waals surface area contributed by atoms with Crippen molar-refractivity contribution in [3.05, 3.63) is 29.8 Å². The van der Waals surface area contributed by atoms with Crippen molar-refractivity contribution in [3.63, 3.8) is 0 Å². The molecule has 1 N–H and O–H groups in total. The molecular formula is C15H22O3. The minimum atomic E-state index is -0.836. The van der Waals surface area contributed by atoms with Crippen LogP contribution in [0.4, 0.5) is 0 Å². The van der Waals surface area contributed by atoms with Gasteiger partial charge in [0.1, 0.15) is 5.75 Å². The molecule has 0 amide bonds. The first kappa shape index (κ1) is 14.6. The molecule has 0 fully saturated rings. The molecule has 0 spiro atoms. The molecule has 0 saturated heterocycles. The molecule has 0 aliphatic heterocycles. The largest absolute Gasteiger partial charge is 0.493 e. The summed E-state index contributed by atoms with van der Waals surface area (Å²) in [5.74, 6) is -0.104. The second kappa shape index (κ2) is 6.43. The lowest BCUT2D eigenvalue weighted by atomic mass is 9.89. The molecular weight excluding hydrogens is 228 g/mol. The van der Waals surface area contributed by atoms with Gasteiger partial charge < -0.3 is 9.84 Å². The topological polar surface area (TPSA) is 46.5 Å². The van der Waals surface area contributed by atoms with Crippen molar-refractivity contribution in [1.82, 2.24) is 0 Å². The number of hydrogen-bond donors (Lipinski definition) is 1.